The van der Waals surface area contributed by atoms with Crippen molar-refractivity contribution in [3.8, 4) is 0 Å². The molecule has 0 aromatic carbocycles. The molecule has 12 heavy (non-hydrogen) atoms. The van der Waals surface area contributed by atoms with Crippen LogP contribution in [0.1, 0.15) is 72.6 Å². The Kier molecular flexibility index (Phi) is 6.51. The maximum Gasteiger partial charge on any atom is -0.0329 e. The summed E-state index contributed by atoms with van der Waals surface area (Å²) in [6.07, 6.45) is 9.74. The molecule has 0 aliphatic heterocycles. The normalized spacial score (nSPS) is 16.0. The summed E-state index contributed by atoms with van der Waals surface area (Å²) in [4.78, 5) is 0. The largest absolute Gasteiger partial charge is 0.0654 e. The van der Waals surface area contributed by atoms with Gasteiger partial charge in [0.05, 0.1) is 0 Å². The van der Waals surface area contributed by atoms with Gasteiger partial charge >= 0.3 is 0 Å². The van der Waals surface area contributed by atoms with Crippen LogP contribution in [-0.2, 0) is 0 Å². The molecule has 0 rings (SSSR count). The highest BCUT2D eigenvalue weighted by atomic mass is 14.2. The smallest absolute Gasteiger partial charge is 0.0329 e. The number of rotatable bonds is 7. The number of unbranched alkanes of at least 4 members (excludes halogenated alkanes) is 2. The van der Waals surface area contributed by atoms with Crippen molar-refractivity contribution in [1.29, 1.82) is 0 Å². The van der Waals surface area contributed by atoms with Crippen LogP contribution < -0.4 is 0 Å². The molecule has 0 radical (unpaired) electrons. The Labute approximate surface area is 78.8 Å². The minimum Gasteiger partial charge on any atom is -0.0654 e. The van der Waals surface area contributed by atoms with Crippen LogP contribution in [0.5, 0.6) is 0 Å². The summed E-state index contributed by atoms with van der Waals surface area (Å²) in [7, 11) is 0. The zero-order chi connectivity index (χ0) is 9.45. The van der Waals surface area contributed by atoms with Gasteiger partial charge in [0, 0.05) is 0 Å². The van der Waals surface area contributed by atoms with Gasteiger partial charge in [0.25, 0.3) is 0 Å². The van der Waals surface area contributed by atoms with E-state index >= 15 is 0 Å². The molecule has 0 nitrogen and oxygen atoms in total. The lowest BCUT2D eigenvalue weighted by atomic mass is 9.78. The Hall–Kier alpha value is 0. The molecule has 0 saturated heterocycles. The van der Waals surface area contributed by atoms with Gasteiger partial charge in [0.15, 0.2) is 0 Å². The second-order valence-electron chi connectivity index (χ2n) is 4.37. The molecule has 0 N–H and O–H groups in total. The molecule has 0 bridgehead atoms. The van der Waals surface area contributed by atoms with Gasteiger partial charge in [-0.1, -0.05) is 59.8 Å². The summed E-state index contributed by atoms with van der Waals surface area (Å²) >= 11 is 0. The predicted molar refractivity (Wildman–Crippen MR) is 57.4 cm³/mol. The minimum atomic E-state index is 0.643. The van der Waals surface area contributed by atoms with Crippen LogP contribution in [0.15, 0.2) is 0 Å². The lowest BCUT2D eigenvalue weighted by molar-refractivity contribution is 0.249. The molecule has 0 heterocycles. The highest BCUT2D eigenvalue weighted by Gasteiger charge is 2.19. The quantitative estimate of drug-likeness (QED) is 0.482. The Morgan fingerprint density at radius 1 is 0.833 bits per heavy atom. The van der Waals surface area contributed by atoms with Crippen LogP contribution in [0, 0.1) is 5.41 Å². The van der Waals surface area contributed by atoms with Crippen LogP contribution in [0.3, 0.4) is 0 Å². The topological polar surface area (TPSA) is 0 Å². The van der Waals surface area contributed by atoms with Crippen molar-refractivity contribution in [2.45, 2.75) is 72.6 Å². The van der Waals surface area contributed by atoms with Gasteiger partial charge < -0.3 is 0 Å². The van der Waals surface area contributed by atoms with Gasteiger partial charge in [-0.3, -0.25) is 0 Å². The maximum atomic E-state index is 2.45. The van der Waals surface area contributed by atoms with Crippen LogP contribution in [0.2, 0.25) is 0 Å². The Morgan fingerprint density at radius 3 is 1.92 bits per heavy atom. The van der Waals surface area contributed by atoms with E-state index in [0.717, 1.165) is 0 Å². The van der Waals surface area contributed by atoms with E-state index in [1.807, 2.05) is 0 Å². The van der Waals surface area contributed by atoms with Crippen LogP contribution in [-0.4, -0.2) is 0 Å². The van der Waals surface area contributed by atoms with E-state index < -0.39 is 0 Å². The van der Waals surface area contributed by atoms with Crippen molar-refractivity contribution in [2.24, 2.45) is 5.41 Å². The Balaban J connectivity index is 3.63. The average Bonchev–Trinajstić information content (AvgIpc) is 2.06. The van der Waals surface area contributed by atoms with Crippen molar-refractivity contribution in [1.82, 2.24) is 0 Å². The molecule has 0 fully saturated rings. The monoisotopic (exact) mass is 170 g/mol. The molecule has 0 aliphatic carbocycles. The SMILES string of the molecule is CCCCCC(C)(CC)CCC. The average molecular weight is 170 g/mol. The van der Waals surface area contributed by atoms with Crippen molar-refractivity contribution in [3.63, 3.8) is 0 Å². The van der Waals surface area contributed by atoms with E-state index in [1.54, 1.807) is 0 Å². The molecule has 0 saturated carbocycles. The predicted octanol–water partition coefficient (Wildman–Crippen LogP) is 4.78. The van der Waals surface area contributed by atoms with Gasteiger partial charge in [-0.15, -0.1) is 0 Å². The first-order valence-electron chi connectivity index (χ1n) is 5.68. The third-order valence-electron chi connectivity index (χ3n) is 3.09. The van der Waals surface area contributed by atoms with E-state index in [4.69, 9.17) is 0 Å². The Bertz CT molecular complexity index is 96.2. The molecule has 74 valence electrons. The Morgan fingerprint density at radius 2 is 1.50 bits per heavy atom. The summed E-state index contributed by atoms with van der Waals surface area (Å²) in [5.74, 6) is 0. The van der Waals surface area contributed by atoms with Gasteiger partial charge in [-0.05, 0) is 18.3 Å². The second kappa shape index (κ2) is 6.51. The first-order chi connectivity index (χ1) is 5.68. The van der Waals surface area contributed by atoms with Gasteiger partial charge in [-0.25, -0.2) is 0 Å². The summed E-state index contributed by atoms with van der Waals surface area (Å²) in [6, 6.07) is 0. The zero-order valence-corrected chi connectivity index (χ0v) is 9.45. The fourth-order valence-electron chi connectivity index (χ4n) is 1.88. The van der Waals surface area contributed by atoms with Gasteiger partial charge in [0.2, 0.25) is 0 Å². The molecule has 0 aromatic rings. The first-order valence-corrected chi connectivity index (χ1v) is 5.68. The fourth-order valence-corrected chi connectivity index (χ4v) is 1.88. The molecular weight excluding hydrogens is 144 g/mol. The first kappa shape index (κ1) is 12.0. The summed E-state index contributed by atoms with van der Waals surface area (Å²) in [5.41, 5.74) is 0.643. The van der Waals surface area contributed by atoms with E-state index in [1.165, 1.54) is 44.9 Å². The van der Waals surface area contributed by atoms with Crippen molar-refractivity contribution >= 4 is 0 Å². The van der Waals surface area contributed by atoms with Gasteiger partial charge in [-0.2, -0.15) is 0 Å². The van der Waals surface area contributed by atoms with Crippen LogP contribution in [0.25, 0.3) is 0 Å². The molecule has 1 unspecified atom stereocenters. The van der Waals surface area contributed by atoms with E-state index in [0.29, 0.717) is 5.41 Å². The number of hydrogen-bond donors (Lipinski definition) is 0. The molecular formula is C12H26. The molecule has 0 heteroatoms. The molecule has 0 aliphatic rings. The highest BCUT2D eigenvalue weighted by molar-refractivity contribution is 4.71. The van der Waals surface area contributed by atoms with Gasteiger partial charge in [0.1, 0.15) is 0 Å². The van der Waals surface area contributed by atoms with E-state index in [2.05, 4.69) is 27.7 Å². The van der Waals surface area contributed by atoms with Crippen molar-refractivity contribution in [3.05, 3.63) is 0 Å². The van der Waals surface area contributed by atoms with E-state index in [-0.39, 0.29) is 0 Å². The zero-order valence-electron chi connectivity index (χ0n) is 9.45. The second-order valence-corrected chi connectivity index (χ2v) is 4.37. The molecule has 1 atom stereocenters. The fraction of sp³-hybridized carbons (Fsp3) is 1.00. The standard InChI is InChI=1S/C12H26/c1-5-8-9-11-12(4,7-3)10-6-2/h5-11H2,1-4H3. The van der Waals surface area contributed by atoms with Crippen LogP contribution >= 0.6 is 0 Å². The molecule has 0 amide bonds. The van der Waals surface area contributed by atoms with Crippen molar-refractivity contribution < 1.29 is 0 Å². The highest BCUT2D eigenvalue weighted by Crippen LogP contribution is 2.33. The number of hydrogen-bond acceptors (Lipinski definition) is 0. The molecule has 0 spiro atoms. The summed E-state index contributed by atoms with van der Waals surface area (Å²) in [5, 5.41) is 0. The van der Waals surface area contributed by atoms with E-state index in [9.17, 15) is 0 Å². The minimum absolute atomic E-state index is 0.643. The van der Waals surface area contributed by atoms with Crippen LogP contribution in [0.4, 0.5) is 0 Å². The lowest BCUT2D eigenvalue weighted by Crippen LogP contribution is -2.14. The third kappa shape index (κ3) is 4.79. The maximum absolute atomic E-state index is 2.45. The lowest BCUT2D eigenvalue weighted by Gasteiger charge is -2.27. The third-order valence-corrected chi connectivity index (χ3v) is 3.09. The summed E-state index contributed by atoms with van der Waals surface area (Å²) < 4.78 is 0. The summed E-state index contributed by atoms with van der Waals surface area (Å²) in [6.45, 7) is 9.37. The van der Waals surface area contributed by atoms with Crippen molar-refractivity contribution in [2.75, 3.05) is 0 Å². The molecule has 0 aromatic heterocycles.